The van der Waals surface area contributed by atoms with Gasteiger partial charge in [-0.1, -0.05) is 12.1 Å². The molecule has 0 atom stereocenters. The van der Waals surface area contributed by atoms with Crippen LogP contribution in [0.15, 0.2) is 30.6 Å². The largest absolute Gasteiger partial charge is 0.490 e. The van der Waals surface area contributed by atoms with Gasteiger partial charge in [-0.2, -0.15) is 10.5 Å². The van der Waals surface area contributed by atoms with E-state index in [1.807, 2.05) is 6.07 Å². The van der Waals surface area contributed by atoms with Crippen LogP contribution in [0.5, 0.6) is 5.75 Å². The second-order valence-corrected chi connectivity index (χ2v) is 3.40. The standard InChI is InChI=1S/C12H9N5O/c13-7-10-3-1-2-4-11(10)18-6-5-17-9-15-12(8-14)16-17/h1-4,9H,5-6H2. The molecular weight excluding hydrogens is 230 g/mol. The van der Waals surface area contributed by atoms with Crippen molar-refractivity contribution in [3.8, 4) is 17.9 Å². The number of ether oxygens (including phenoxy) is 1. The van der Waals surface area contributed by atoms with Crippen LogP contribution in [-0.4, -0.2) is 21.4 Å². The molecular formula is C12H9N5O. The normalized spacial score (nSPS) is 9.44. The van der Waals surface area contributed by atoms with Gasteiger partial charge in [0.05, 0.1) is 12.1 Å². The lowest BCUT2D eigenvalue weighted by molar-refractivity contribution is 0.290. The Labute approximate surface area is 104 Å². The molecule has 1 heterocycles. The summed E-state index contributed by atoms with van der Waals surface area (Å²) in [5.41, 5.74) is 0.494. The van der Waals surface area contributed by atoms with E-state index in [1.54, 1.807) is 24.3 Å². The second-order valence-electron chi connectivity index (χ2n) is 3.40. The molecule has 0 saturated carbocycles. The molecule has 0 aliphatic rings. The summed E-state index contributed by atoms with van der Waals surface area (Å²) in [4.78, 5) is 3.78. The summed E-state index contributed by atoms with van der Waals surface area (Å²) in [6.07, 6.45) is 1.47. The highest BCUT2D eigenvalue weighted by atomic mass is 16.5. The molecule has 1 aromatic carbocycles. The Hall–Kier alpha value is -2.86. The number of hydrogen-bond donors (Lipinski definition) is 0. The monoisotopic (exact) mass is 239 g/mol. The van der Waals surface area contributed by atoms with E-state index in [1.165, 1.54) is 11.0 Å². The predicted molar refractivity (Wildman–Crippen MR) is 61.4 cm³/mol. The minimum atomic E-state index is 0.132. The lowest BCUT2D eigenvalue weighted by Crippen LogP contribution is -2.09. The molecule has 0 radical (unpaired) electrons. The van der Waals surface area contributed by atoms with Gasteiger partial charge in [0, 0.05) is 0 Å². The fourth-order valence-electron chi connectivity index (χ4n) is 1.39. The predicted octanol–water partition coefficient (Wildman–Crippen LogP) is 1.10. The third-order valence-corrected chi connectivity index (χ3v) is 2.22. The average Bonchev–Trinajstić information content (AvgIpc) is 2.87. The Morgan fingerprint density at radius 3 is 2.78 bits per heavy atom. The van der Waals surface area contributed by atoms with Gasteiger partial charge < -0.3 is 4.74 Å². The maximum absolute atomic E-state index is 8.88. The number of benzene rings is 1. The molecule has 2 rings (SSSR count). The Kier molecular flexibility index (Phi) is 3.53. The molecule has 18 heavy (non-hydrogen) atoms. The van der Waals surface area contributed by atoms with Crippen LogP contribution in [0.25, 0.3) is 0 Å². The minimum Gasteiger partial charge on any atom is -0.490 e. The van der Waals surface area contributed by atoms with Crippen LogP contribution in [0.4, 0.5) is 0 Å². The van der Waals surface area contributed by atoms with Crippen molar-refractivity contribution in [1.82, 2.24) is 14.8 Å². The molecule has 1 aromatic heterocycles. The van der Waals surface area contributed by atoms with E-state index in [-0.39, 0.29) is 5.82 Å². The summed E-state index contributed by atoms with van der Waals surface area (Å²) >= 11 is 0. The third kappa shape index (κ3) is 2.63. The van der Waals surface area contributed by atoms with E-state index in [9.17, 15) is 0 Å². The third-order valence-electron chi connectivity index (χ3n) is 2.22. The summed E-state index contributed by atoms with van der Waals surface area (Å²) in [5, 5.41) is 21.3. The molecule has 0 saturated heterocycles. The Morgan fingerprint density at radius 2 is 2.06 bits per heavy atom. The van der Waals surface area contributed by atoms with E-state index >= 15 is 0 Å². The van der Waals surface area contributed by atoms with Gasteiger partial charge in [-0.3, -0.25) is 0 Å². The van der Waals surface area contributed by atoms with Gasteiger partial charge in [0.2, 0.25) is 0 Å². The van der Waals surface area contributed by atoms with Gasteiger partial charge in [-0.15, -0.1) is 5.10 Å². The zero-order valence-electron chi connectivity index (χ0n) is 9.45. The highest BCUT2D eigenvalue weighted by Gasteiger charge is 2.02. The summed E-state index contributed by atoms with van der Waals surface area (Å²) in [7, 11) is 0. The highest BCUT2D eigenvalue weighted by Crippen LogP contribution is 2.16. The first-order valence-electron chi connectivity index (χ1n) is 5.25. The fourth-order valence-corrected chi connectivity index (χ4v) is 1.39. The molecule has 0 spiro atoms. The van der Waals surface area contributed by atoms with Crippen molar-refractivity contribution < 1.29 is 4.74 Å². The van der Waals surface area contributed by atoms with Crippen LogP contribution in [-0.2, 0) is 6.54 Å². The van der Waals surface area contributed by atoms with E-state index in [0.717, 1.165) is 0 Å². The van der Waals surface area contributed by atoms with E-state index in [4.69, 9.17) is 15.3 Å². The lowest BCUT2D eigenvalue weighted by atomic mass is 10.2. The van der Waals surface area contributed by atoms with Crippen LogP contribution in [0.3, 0.4) is 0 Å². The molecule has 0 amide bonds. The van der Waals surface area contributed by atoms with Gasteiger partial charge in [0.15, 0.2) is 0 Å². The SMILES string of the molecule is N#Cc1ncn(CCOc2ccccc2C#N)n1. The summed E-state index contributed by atoms with van der Waals surface area (Å²) < 4.78 is 7.00. The quantitative estimate of drug-likeness (QED) is 0.797. The number of nitriles is 2. The zero-order chi connectivity index (χ0) is 12.8. The molecule has 6 nitrogen and oxygen atoms in total. The molecule has 88 valence electrons. The molecule has 0 aliphatic heterocycles. The van der Waals surface area contributed by atoms with Crippen molar-refractivity contribution >= 4 is 0 Å². The van der Waals surface area contributed by atoms with Gasteiger partial charge in [-0.05, 0) is 12.1 Å². The summed E-state index contributed by atoms with van der Waals surface area (Å²) in [5.74, 6) is 0.674. The molecule has 0 fully saturated rings. The highest BCUT2D eigenvalue weighted by molar-refractivity contribution is 5.42. The van der Waals surface area contributed by atoms with Crippen molar-refractivity contribution in [2.75, 3.05) is 6.61 Å². The van der Waals surface area contributed by atoms with Crippen molar-refractivity contribution in [2.45, 2.75) is 6.54 Å². The van der Waals surface area contributed by atoms with E-state index in [2.05, 4.69) is 16.2 Å². The maximum Gasteiger partial charge on any atom is 0.252 e. The summed E-state index contributed by atoms with van der Waals surface area (Å²) in [6, 6.07) is 10.9. The van der Waals surface area contributed by atoms with Gasteiger partial charge in [0.1, 0.15) is 30.8 Å². The van der Waals surface area contributed by atoms with Crippen molar-refractivity contribution in [1.29, 1.82) is 10.5 Å². The molecule has 6 heteroatoms. The Morgan fingerprint density at radius 1 is 1.22 bits per heavy atom. The number of para-hydroxylation sites is 1. The maximum atomic E-state index is 8.88. The van der Waals surface area contributed by atoms with Crippen LogP contribution in [0.2, 0.25) is 0 Å². The molecule has 0 unspecified atom stereocenters. The summed E-state index contributed by atoms with van der Waals surface area (Å²) in [6.45, 7) is 0.821. The number of aromatic nitrogens is 3. The minimum absolute atomic E-state index is 0.132. The van der Waals surface area contributed by atoms with Crippen molar-refractivity contribution in [3.63, 3.8) is 0 Å². The first kappa shape index (κ1) is 11.6. The van der Waals surface area contributed by atoms with Gasteiger partial charge >= 0.3 is 0 Å². The molecule has 0 bridgehead atoms. The Bertz CT molecular complexity index is 620. The Balaban J connectivity index is 1.93. The van der Waals surface area contributed by atoms with Gasteiger partial charge in [0.25, 0.3) is 5.82 Å². The average molecular weight is 239 g/mol. The topological polar surface area (TPSA) is 87.5 Å². The number of nitrogens with zero attached hydrogens (tertiary/aromatic N) is 5. The molecule has 0 N–H and O–H groups in total. The van der Waals surface area contributed by atoms with E-state index < -0.39 is 0 Å². The zero-order valence-corrected chi connectivity index (χ0v) is 9.45. The first-order valence-corrected chi connectivity index (χ1v) is 5.25. The molecule has 2 aromatic rings. The van der Waals surface area contributed by atoms with Crippen LogP contribution in [0, 0.1) is 22.7 Å². The van der Waals surface area contributed by atoms with Crippen molar-refractivity contribution in [3.05, 3.63) is 42.0 Å². The van der Waals surface area contributed by atoms with Gasteiger partial charge in [-0.25, -0.2) is 9.67 Å². The number of hydrogen-bond acceptors (Lipinski definition) is 5. The smallest absolute Gasteiger partial charge is 0.252 e. The number of rotatable bonds is 4. The molecule has 0 aliphatic carbocycles. The second kappa shape index (κ2) is 5.46. The van der Waals surface area contributed by atoms with E-state index in [0.29, 0.717) is 24.5 Å². The first-order chi connectivity index (χ1) is 8.83. The lowest BCUT2D eigenvalue weighted by Gasteiger charge is -2.06. The van der Waals surface area contributed by atoms with Crippen LogP contribution < -0.4 is 4.74 Å². The van der Waals surface area contributed by atoms with Crippen LogP contribution >= 0.6 is 0 Å². The van der Waals surface area contributed by atoms with Crippen LogP contribution in [0.1, 0.15) is 11.4 Å². The fraction of sp³-hybridized carbons (Fsp3) is 0.167. The van der Waals surface area contributed by atoms with Crippen molar-refractivity contribution in [2.24, 2.45) is 0 Å².